The fraction of sp³-hybridized carbons (Fsp3) is 0.522. The first-order valence-electron chi connectivity index (χ1n) is 11.1. The molecule has 0 spiro atoms. The minimum atomic E-state index is -0.457. The van der Waals surface area contributed by atoms with Crippen LogP contribution in [0.25, 0.3) is 11.0 Å². The number of aliphatic hydroxyl groups excluding tert-OH is 1. The van der Waals surface area contributed by atoms with Crippen LogP contribution in [0.2, 0.25) is 0 Å². The maximum Gasteiger partial charge on any atom is 0.254 e. The van der Waals surface area contributed by atoms with Crippen molar-refractivity contribution in [3.63, 3.8) is 0 Å². The van der Waals surface area contributed by atoms with Gasteiger partial charge in [0.1, 0.15) is 5.82 Å². The van der Waals surface area contributed by atoms with Crippen molar-refractivity contribution in [2.45, 2.75) is 52.7 Å². The Morgan fingerprint density at radius 2 is 2.00 bits per heavy atom. The SMILES string of the molecule is CC1=CC(C)=NC(=O)C1CNC(=O)c1cc(N2CCC(O)CC2)nc2c1cnn2C(C)C. The number of pyridine rings is 1. The van der Waals surface area contributed by atoms with Crippen LogP contribution in [0.3, 0.4) is 0 Å². The summed E-state index contributed by atoms with van der Waals surface area (Å²) in [5.41, 5.74) is 2.71. The third-order valence-corrected chi connectivity index (χ3v) is 6.11. The van der Waals surface area contributed by atoms with Crippen molar-refractivity contribution >= 4 is 34.4 Å². The number of aliphatic imine (C=N–C) groups is 1. The summed E-state index contributed by atoms with van der Waals surface area (Å²) in [5, 5.41) is 17.9. The van der Waals surface area contributed by atoms with Crippen LogP contribution in [0.5, 0.6) is 0 Å². The maximum atomic E-state index is 13.2. The van der Waals surface area contributed by atoms with Gasteiger partial charge in [-0.3, -0.25) is 9.59 Å². The van der Waals surface area contributed by atoms with E-state index in [1.165, 1.54) is 0 Å². The number of nitrogens with zero attached hydrogens (tertiary/aromatic N) is 5. The molecule has 0 bridgehead atoms. The molecule has 4 rings (SSSR count). The minimum absolute atomic E-state index is 0.0862. The number of nitrogens with one attached hydrogen (secondary N) is 1. The van der Waals surface area contributed by atoms with Gasteiger partial charge >= 0.3 is 0 Å². The standard InChI is InChI=1S/C23H30N6O3/c1-13(2)29-21-19(12-25-29)17(10-20(27-21)28-7-5-16(30)6-8-28)22(31)24-11-18-14(3)9-15(4)26-23(18)32/h9-10,12-13,16,18,30H,5-8,11H2,1-4H3,(H,24,31). The van der Waals surface area contributed by atoms with Crippen LogP contribution in [0.15, 0.2) is 28.9 Å². The van der Waals surface area contributed by atoms with Crippen LogP contribution in [0, 0.1) is 5.92 Å². The quantitative estimate of drug-likeness (QED) is 0.741. The first-order chi connectivity index (χ1) is 15.2. The minimum Gasteiger partial charge on any atom is -0.393 e. The molecule has 2 N–H and O–H groups in total. The highest BCUT2D eigenvalue weighted by Gasteiger charge is 2.26. The lowest BCUT2D eigenvalue weighted by Crippen LogP contribution is -2.37. The van der Waals surface area contributed by atoms with Gasteiger partial charge in [0.05, 0.1) is 29.2 Å². The Bertz CT molecular complexity index is 1110. The molecule has 9 heteroatoms. The summed E-state index contributed by atoms with van der Waals surface area (Å²) in [6.07, 6.45) is 4.58. The van der Waals surface area contributed by atoms with Crippen LogP contribution >= 0.6 is 0 Å². The summed E-state index contributed by atoms with van der Waals surface area (Å²) in [5.74, 6) is -0.267. The van der Waals surface area contributed by atoms with E-state index < -0.39 is 5.92 Å². The average molecular weight is 439 g/mol. The Labute approximate surface area is 187 Å². The summed E-state index contributed by atoms with van der Waals surface area (Å²) in [7, 11) is 0. The number of hydrogen-bond donors (Lipinski definition) is 2. The van der Waals surface area contributed by atoms with E-state index in [2.05, 4.69) is 20.3 Å². The second-order valence-corrected chi connectivity index (χ2v) is 8.91. The van der Waals surface area contributed by atoms with Crippen LogP contribution in [0.1, 0.15) is 56.9 Å². The van der Waals surface area contributed by atoms with Gasteiger partial charge in [-0.05, 0) is 52.7 Å². The van der Waals surface area contributed by atoms with Gasteiger partial charge in [0.15, 0.2) is 5.65 Å². The Morgan fingerprint density at radius 3 is 2.66 bits per heavy atom. The van der Waals surface area contributed by atoms with Crippen molar-refractivity contribution in [3.05, 3.63) is 29.5 Å². The summed E-state index contributed by atoms with van der Waals surface area (Å²) >= 11 is 0. The Balaban J connectivity index is 1.64. The van der Waals surface area contributed by atoms with Gasteiger partial charge < -0.3 is 15.3 Å². The fourth-order valence-corrected chi connectivity index (χ4v) is 4.27. The van der Waals surface area contributed by atoms with Crippen molar-refractivity contribution < 1.29 is 14.7 Å². The van der Waals surface area contributed by atoms with Crippen molar-refractivity contribution in [1.82, 2.24) is 20.1 Å². The lowest BCUT2D eigenvalue weighted by Gasteiger charge is -2.30. The Kier molecular flexibility index (Phi) is 6.10. The molecule has 170 valence electrons. The molecule has 1 atom stereocenters. The summed E-state index contributed by atoms with van der Waals surface area (Å²) in [6.45, 7) is 9.24. The second kappa shape index (κ2) is 8.82. The molecular formula is C23H30N6O3. The van der Waals surface area contributed by atoms with Gasteiger partial charge in [0, 0.05) is 31.4 Å². The van der Waals surface area contributed by atoms with Gasteiger partial charge in [-0.1, -0.05) is 5.57 Å². The molecule has 4 heterocycles. The zero-order chi connectivity index (χ0) is 23.0. The first-order valence-corrected chi connectivity index (χ1v) is 11.1. The molecule has 1 unspecified atom stereocenters. The molecule has 0 aromatic carbocycles. The van der Waals surface area contributed by atoms with E-state index in [1.807, 2.05) is 31.5 Å². The van der Waals surface area contributed by atoms with Crippen molar-refractivity contribution in [1.29, 1.82) is 0 Å². The van der Waals surface area contributed by atoms with E-state index in [9.17, 15) is 14.7 Å². The zero-order valence-corrected chi connectivity index (χ0v) is 19.0. The smallest absolute Gasteiger partial charge is 0.254 e. The number of aromatic nitrogens is 3. The van der Waals surface area contributed by atoms with Crippen LogP contribution in [-0.4, -0.2) is 63.1 Å². The number of rotatable bonds is 5. The molecule has 0 saturated carbocycles. The molecular weight excluding hydrogens is 408 g/mol. The van der Waals surface area contributed by atoms with Crippen LogP contribution in [0.4, 0.5) is 5.82 Å². The lowest BCUT2D eigenvalue weighted by atomic mass is 9.95. The van der Waals surface area contributed by atoms with Crippen LogP contribution in [-0.2, 0) is 4.79 Å². The highest BCUT2D eigenvalue weighted by atomic mass is 16.3. The fourth-order valence-electron chi connectivity index (χ4n) is 4.27. The number of carbonyl (C=O) groups is 2. The molecule has 2 aliphatic heterocycles. The maximum absolute atomic E-state index is 13.2. The normalized spacial score (nSPS) is 20.0. The van der Waals surface area contributed by atoms with E-state index in [0.29, 0.717) is 54.1 Å². The van der Waals surface area contributed by atoms with Gasteiger partial charge in [0.25, 0.3) is 11.8 Å². The molecule has 2 amide bonds. The predicted octanol–water partition coefficient (Wildman–Crippen LogP) is 2.27. The highest BCUT2D eigenvalue weighted by molar-refractivity contribution is 6.07. The number of hydrogen-bond acceptors (Lipinski definition) is 6. The summed E-state index contributed by atoms with van der Waals surface area (Å²) < 4.78 is 1.81. The molecule has 32 heavy (non-hydrogen) atoms. The van der Waals surface area contributed by atoms with Crippen LogP contribution < -0.4 is 10.2 Å². The van der Waals surface area contributed by atoms with Gasteiger partial charge in [0.2, 0.25) is 0 Å². The summed E-state index contributed by atoms with van der Waals surface area (Å²) in [6, 6.07) is 1.87. The van der Waals surface area contributed by atoms with E-state index in [1.54, 1.807) is 19.2 Å². The van der Waals surface area contributed by atoms with E-state index in [4.69, 9.17) is 4.98 Å². The predicted molar refractivity (Wildman–Crippen MR) is 123 cm³/mol. The molecule has 1 saturated heterocycles. The van der Waals surface area contributed by atoms with Crippen molar-refractivity contribution in [3.8, 4) is 0 Å². The number of piperidine rings is 1. The van der Waals surface area contributed by atoms with E-state index in [-0.39, 0.29) is 30.5 Å². The molecule has 0 radical (unpaired) electrons. The van der Waals surface area contributed by atoms with Crippen molar-refractivity contribution in [2.75, 3.05) is 24.5 Å². The van der Waals surface area contributed by atoms with E-state index >= 15 is 0 Å². The number of fused-ring (bicyclic) bond motifs is 1. The molecule has 2 aromatic heterocycles. The topological polar surface area (TPSA) is 113 Å². The molecule has 2 aliphatic rings. The third-order valence-electron chi connectivity index (χ3n) is 6.11. The average Bonchev–Trinajstić information content (AvgIpc) is 3.17. The number of anilines is 1. The third kappa shape index (κ3) is 4.29. The summed E-state index contributed by atoms with van der Waals surface area (Å²) in [4.78, 5) is 36.5. The number of amides is 2. The highest BCUT2D eigenvalue weighted by Crippen LogP contribution is 2.27. The number of carbonyl (C=O) groups excluding carboxylic acids is 2. The molecule has 0 aliphatic carbocycles. The molecule has 9 nitrogen and oxygen atoms in total. The number of allylic oxidation sites excluding steroid dienone is 1. The zero-order valence-electron chi connectivity index (χ0n) is 19.0. The number of aliphatic hydroxyl groups is 1. The first kappa shape index (κ1) is 22.1. The monoisotopic (exact) mass is 438 g/mol. The van der Waals surface area contributed by atoms with Gasteiger partial charge in [-0.25, -0.2) is 14.7 Å². The largest absolute Gasteiger partial charge is 0.393 e. The Morgan fingerprint density at radius 1 is 1.28 bits per heavy atom. The number of dihydropyridines is 1. The van der Waals surface area contributed by atoms with E-state index in [0.717, 1.165) is 5.57 Å². The lowest BCUT2D eigenvalue weighted by molar-refractivity contribution is -0.120. The molecule has 1 fully saturated rings. The van der Waals surface area contributed by atoms with Gasteiger partial charge in [-0.15, -0.1) is 0 Å². The van der Waals surface area contributed by atoms with Crippen molar-refractivity contribution in [2.24, 2.45) is 10.9 Å². The van der Waals surface area contributed by atoms with Gasteiger partial charge in [-0.2, -0.15) is 5.10 Å². The second-order valence-electron chi connectivity index (χ2n) is 8.91. The Hall–Kier alpha value is -3.07. The molecule has 2 aromatic rings.